The SMILES string of the molecule is Cc1c(Cl)cccc1-n1c(SC(C)C(=O)Nc2ccccc2C#N)nc2ccccc2c1=O. The molecule has 33 heavy (non-hydrogen) atoms. The quantitative estimate of drug-likeness (QED) is 0.311. The molecular weight excluding hydrogens is 456 g/mol. The summed E-state index contributed by atoms with van der Waals surface area (Å²) in [5.41, 5.74) is 2.46. The Balaban J connectivity index is 1.77. The van der Waals surface area contributed by atoms with Crippen LogP contribution in [0.15, 0.2) is 76.7 Å². The van der Waals surface area contributed by atoms with E-state index < -0.39 is 5.25 Å². The average molecular weight is 475 g/mol. The van der Waals surface area contributed by atoms with Crippen molar-refractivity contribution in [2.24, 2.45) is 0 Å². The Labute approximate surface area is 199 Å². The summed E-state index contributed by atoms with van der Waals surface area (Å²) in [5.74, 6) is -0.306. The van der Waals surface area contributed by atoms with Crippen molar-refractivity contribution in [2.75, 3.05) is 5.32 Å². The van der Waals surface area contributed by atoms with Gasteiger partial charge in [-0.1, -0.05) is 53.7 Å². The van der Waals surface area contributed by atoms with Crippen molar-refractivity contribution in [2.45, 2.75) is 24.3 Å². The van der Waals surface area contributed by atoms with Gasteiger partial charge in [0.15, 0.2) is 5.16 Å². The minimum Gasteiger partial charge on any atom is -0.324 e. The molecule has 3 aromatic carbocycles. The van der Waals surface area contributed by atoms with Gasteiger partial charge in [-0.15, -0.1) is 0 Å². The molecule has 1 heterocycles. The van der Waals surface area contributed by atoms with E-state index in [4.69, 9.17) is 16.6 Å². The zero-order chi connectivity index (χ0) is 23.5. The van der Waals surface area contributed by atoms with Crippen LogP contribution in [0.25, 0.3) is 16.6 Å². The molecule has 1 atom stereocenters. The Morgan fingerprint density at radius 1 is 1.12 bits per heavy atom. The van der Waals surface area contributed by atoms with E-state index in [1.54, 1.807) is 67.6 Å². The summed E-state index contributed by atoms with van der Waals surface area (Å²) in [6.07, 6.45) is 0. The van der Waals surface area contributed by atoms with Gasteiger partial charge in [-0.05, 0) is 55.8 Å². The van der Waals surface area contributed by atoms with Gasteiger partial charge in [-0.3, -0.25) is 14.2 Å². The molecule has 0 aliphatic carbocycles. The fourth-order valence-electron chi connectivity index (χ4n) is 3.38. The molecule has 1 unspecified atom stereocenters. The van der Waals surface area contributed by atoms with Gasteiger partial charge in [0.25, 0.3) is 5.56 Å². The predicted molar refractivity (Wildman–Crippen MR) is 132 cm³/mol. The lowest BCUT2D eigenvalue weighted by molar-refractivity contribution is -0.115. The first-order chi connectivity index (χ1) is 15.9. The lowest BCUT2D eigenvalue weighted by Crippen LogP contribution is -2.26. The number of hydrogen-bond acceptors (Lipinski definition) is 5. The van der Waals surface area contributed by atoms with E-state index in [9.17, 15) is 14.9 Å². The highest BCUT2D eigenvalue weighted by atomic mass is 35.5. The van der Waals surface area contributed by atoms with E-state index in [0.717, 1.165) is 17.3 Å². The number of nitrogens with one attached hydrogen (secondary N) is 1. The molecule has 0 aliphatic rings. The van der Waals surface area contributed by atoms with Crippen LogP contribution in [0.5, 0.6) is 0 Å². The topological polar surface area (TPSA) is 87.8 Å². The van der Waals surface area contributed by atoms with Crippen LogP contribution in [-0.4, -0.2) is 20.7 Å². The van der Waals surface area contributed by atoms with Crippen LogP contribution in [-0.2, 0) is 4.79 Å². The molecule has 164 valence electrons. The fourth-order valence-corrected chi connectivity index (χ4v) is 4.47. The Bertz CT molecular complexity index is 1480. The third-order valence-corrected chi connectivity index (χ3v) is 6.64. The molecule has 1 amide bonds. The monoisotopic (exact) mass is 474 g/mol. The average Bonchev–Trinajstić information content (AvgIpc) is 2.82. The number of benzene rings is 3. The van der Waals surface area contributed by atoms with Crippen molar-refractivity contribution in [1.82, 2.24) is 9.55 Å². The molecular formula is C25H19ClN4O2S. The maximum Gasteiger partial charge on any atom is 0.266 e. The Morgan fingerprint density at radius 3 is 2.64 bits per heavy atom. The van der Waals surface area contributed by atoms with Crippen LogP contribution in [0.2, 0.25) is 5.02 Å². The summed E-state index contributed by atoms with van der Waals surface area (Å²) < 4.78 is 1.50. The highest BCUT2D eigenvalue weighted by Crippen LogP contribution is 2.29. The molecule has 0 spiro atoms. The molecule has 0 bridgehead atoms. The maximum atomic E-state index is 13.5. The molecule has 0 saturated carbocycles. The van der Waals surface area contributed by atoms with Crippen LogP contribution >= 0.6 is 23.4 Å². The third-order valence-electron chi connectivity index (χ3n) is 5.18. The van der Waals surface area contributed by atoms with E-state index in [-0.39, 0.29) is 11.5 Å². The van der Waals surface area contributed by atoms with E-state index in [0.29, 0.717) is 38.0 Å². The molecule has 4 aromatic rings. The van der Waals surface area contributed by atoms with E-state index >= 15 is 0 Å². The largest absolute Gasteiger partial charge is 0.324 e. The van der Waals surface area contributed by atoms with Crippen molar-refractivity contribution in [3.8, 4) is 11.8 Å². The highest BCUT2D eigenvalue weighted by Gasteiger charge is 2.22. The van der Waals surface area contributed by atoms with E-state index in [1.165, 1.54) is 4.57 Å². The van der Waals surface area contributed by atoms with Gasteiger partial charge in [0, 0.05) is 5.02 Å². The zero-order valence-corrected chi connectivity index (χ0v) is 19.4. The number of aromatic nitrogens is 2. The number of carbonyl (C=O) groups excluding carboxylic acids is 1. The van der Waals surface area contributed by atoms with Crippen molar-refractivity contribution in [3.05, 3.63) is 93.2 Å². The summed E-state index contributed by atoms with van der Waals surface area (Å²) in [4.78, 5) is 31.1. The summed E-state index contributed by atoms with van der Waals surface area (Å²) in [7, 11) is 0. The second-order valence-corrected chi connectivity index (χ2v) is 9.06. The number of halogens is 1. The van der Waals surface area contributed by atoms with Gasteiger partial charge in [-0.25, -0.2) is 4.98 Å². The van der Waals surface area contributed by atoms with Gasteiger partial charge in [-0.2, -0.15) is 5.26 Å². The summed E-state index contributed by atoms with van der Waals surface area (Å²) in [6.45, 7) is 3.56. The molecule has 1 N–H and O–H groups in total. The number of hydrogen-bond donors (Lipinski definition) is 1. The third kappa shape index (κ3) is 4.49. The van der Waals surface area contributed by atoms with E-state index in [2.05, 4.69) is 11.4 Å². The Hall–Kier alpha value is -3.60. The molecule has 1 aromatic heterocycles. The number of nitrogens with zero attached hydrogens (tertiary/aromatic N) is 3. The van der Waals surface area contributed by atoms with Crippen LogP contribution in [0.4, 0.5) is 5.69 Å². The number of anilines is 1. The smallest absolute Gasteiger partial charge is 0.266 e. The molecule has 6 nitrogen and oxygen atoms in total. The number of para-hydroxylation sites is 2. The fraction of sp³-hybridized carbons (Fsp3) is 0.120. The molecule has 0 fully saturated rings. The number of rotatable bonds is 5. The first-order valence-corrected chi connectivity index (χ1v) is 11.4. The lowest BCUT2D eigenvalue weighted by Gasteiger charge is -2.18. The van der Waals surface area contributed by atoms with Crippen molar-refractivity contribution < 1.29 is 4.79 Å². The van der Waals surface area contributed by atoms with Gasteiger partial charge >= 0.3 is 0 Å². The standard InChI is InChI=1S/C25H19ClN4O2S/c1-15-19(26)10-7-13-22(15)30-24(32)18-9-4-6-12-21(18)29-25(30)33-16(2)23(31)28-20-11-5-3-8-17(20)14-27/h3-13,16H,1-2H3,(H,28,31). The maximum absolute atomic E-state index is 13.5. The summed E-state index contributed by atoms with van der Waals surface area (Å²) in [6, 6.07) is 21.3. The van der Waals surface area contributed by atoms with Crippen LogP contribution in [0.3, 0.4) is 0 Å². The first-order valence-electron chi connectivity index (χ1n) is 10.1. The van der Waals surface area contributed by atoms with Gasteiger partial charge in [0.1, 0.15) is 6.07 Å². The number of amides is 1. The Morgan fingerprint density at radius 2 is 1.85 bits per heavy atom. The number of carbonyl (C=O) groups is 1. The normalized spacial score (nSPS) is 11.7. The summed E-state index contributed by atoms with van der Waals surface area (Å²) >= 11 is 7.49. The van der Waals surface area contributed by atoms with Gasteiger partial charge in [0.05, 0.1) is 33.1 Å². The Kier molecular flexibility index (Phi) is 6.50. The molecule has 4 rings (SSSR count). The van der Waals surface area contributed by atoms with E-state index in [1.807, 2.05) is 13.0 Å². The lowest BCUT2D eigenvalue weighted by atomic mass is 10.2. The number of nitriles is 1. The van der Waals surface area contributed by atoms with Crippen molar-refractivity contribution >= 4 is 45.9 Å². The van der Waals surface area contributed by atoms with Crippen LogP contribution < -0.4 is 10.9 Å². The molecule has 0 aliphatic heterocycles. The molecule has 0 radical (unpaired) electrons. The second kappa shape index (κ2) is 9.49. The predicted octanol–water partition coefficient (Wildman–Crippen LogP) is 5.34. The summed E-state index contributed by atoms with van der Waals surface area (Å²) in [5, 5.41) is 12.9. The highest BCUT2D eigenvalue weighted by molar-refractivity contribution is 8.00. The number of thioether (sulfide) groups is 1. The molecule has 0 saturated heterocycles. The zero-order valence-electron chi connectivity index (χ0n) is 17.9. The van der Waals surface area contributed by atoms with Crippen molar-refractivity contribution in [3.63, 3.8) is 0 Å². The minimum atomic E-state index is -0.601. The minimum absolute atomic E-state index is 0.240. The van der Waals surface area contributed by atoms with Crippen molar-refractivity contribution in [1.29, 1.82) is 5.26 Å². The number of fused-ring (bicyclic) bond motifs is 1. The second-order valence-electron chi connectivity index (χ2n) is 7.34. The van der Waals surface area contributed by atoms with Gasteiger partial charge in [0.2, 0.25) is 5.91 Å². The van der Waals surface area contributed by atoms with Crippen LogP contribution in [0, 0.1) is 18.3 Å². The van der Waals surface area contributed by atoms with Crippen LogP contribution in [0.1, 0.15) is 18.1 Å². The first kappa shape index (κ1) is 22.6. The molecule has 8 heteroatoms. The van der Waals surface area contributed by atoms with Gasteiger partial charge < -0.3 is 5.32 Å².